The molecule has 0 atom stereocenters. The number of unbranched alkanes of at least 4 members (excludes halogenated alkanes) is 2. The van der Waals surface area contributed by atoms with E-state index in [0.717, 1.165) is 56.5 Å². The molecule has 0 aliphatic heterocycles. The monoisotopic (exact) mass is 467 g/mol. The van der Waals surface area contributed by atoms with E-state index in [1.807, 2.05) is 18.2 Å². The van der Waals surface area contributed by atoms with E-state index in [0.29, 0.717) is 6.42 Å². The maximum Gasteiger partial charge on any atom is 0.220 e. The van der Waals surface area contributed by atoms with Gasteiger partial charge in [0.05, 0.1) is 11.0 Å². The number of carbonyl (C=O) groups excluding carboxylic acids is 1. The SMILES string of the molecule is Cc1cc(C)c(Cn2c(CCCCCNC(=O)CCc3ccccc3)nc3ccccc32)c(C)c1. The fourth-order valence-corrected chi connectivity index (χ4v) is 4.91. The van der Waals surface area contributed by atoms with Crippen molar-refractivity contribution in [2.75, 3.05) is 6.54 Å². The summed E-state index contributed by atoms with van der Waals surface area (Å²) in [7, 11) is 0. The van der Waals surface area contributed by atoms with Gasteiger partial charge in [0.15, 0.2) is 0 Å². The van der Waals surface area contributed by atoms with Gasteiger partial charge in [-0.2, -0.15) is 0 Å². The van der Waals surface area contributed by atoms with E-state index in [9.17, 15) is 4.79 Å². The van der Waals surface area contributed by atoms with Crippen LogP contribution >= 0.6 is 0 Å². The van der Waals surface area contributed by atoms with Crippen LogP contribution in [0.3, 0.4) is 0 Å². The summed E-state index contributed by atoms with van der Waals surface area (Å²) in [6, 6.07) is 23.2. The molecule has 1 aromatic heterocycles. The highest BCUT2D eigenvalue weighted by atomic mass is 16.1. The van der Waals surface area contributed by atoms with Gasteiger partial charge in [0.25, 0.3) is 0 Å². The Bertz CT molecular complexity index is 1250. The lowest BCUT2D eigenvalue weighted by Crippen LogP contribution is -2.24. The first-order chi connectivity index (χ1) is 17.0. The third-order valence-corrected chi connectivity index (χ3v) is 6.77. The minimum atomic E-state index is 0.138. The first-order valence-electron chi connectivity index (χ1n) is 12.8. The van der Waals surface area contributed by atoms with Gasteiger partial charge in [-0.15, -0.1) is 0 Å². The molecular weight excluding hydrogens is 430 g/mol. The van der Waals surface area contributed by atoms with Gasteiger partial charge in [0, 0.05) is 25.9 Å². The van der Waals surface area contributed by atoms with Crippen LogP contribution in [0.4, 0.5) is 0 Å². The third-order valence-electron chi connectivity index (χ3n) is 6.77. The Kier molecular flexibility index (Phi) is 8.36. The van der Waals surface area contributed by atoms with Gasteiger partial charge in [-0.05, 0) is 74.4 Å². The average Bonchev–Trinajstić information content (AvgIpc) is 3.20. The van der Waals surface area contributed by atoms with Crippen LogP contribution in [0.25, 0.3) is 11.0 Å². The van der Waals surface area contributed by atoms with Crippen molar-refractivity contribution in [2.24, 2.45) is 0 Å². The van der Waals surface area contributed by atoms with Crippen molar-refractivity contribution in [2.45, 2.75) is 65.8 Å². The Labute approximate surface area is 209 Å². The lowest BCUT2D eigenvalue weighted by Gasteiger charge is -2.15. The summed E-state index contributed by atoms with van der Waals surface area (Å²) < 4.78 is 2.39. The van der Waals surface area contributed by atoms with Gasteiger partial charge in [0.1, 0.15) is 5.82 Å². The van der Waals surface area contributed by atoms with E-state index < -0.39 is 0 Å². The molecule has 0 aliphatic rings. The zero-order valence-corrected chi connectivity index (χ0v) is 21.3. The molecule has 0 fully saturated rings. The number of para-hydroxylation sites is 2. The standard InChI is InChI=1S/C31H37N3O/c1-23-20-24(2)27(25(3)21-23)22-34-29-15-10-9-14-28(29)33-30(34)16-8-5-11-19-32-31(35)18-17-26-12-6-4-7-13-26/h4,6-7,9-10,12-15,20-21H,5,8,11,16-19,22H2,1-3H3,(H,32,35). The smallest absolute Gasteiger partial charge is 0.220 e. The molecule has 4 aromatic rings. The second-order valence-corrected chi connectivity index (χ2v) is 9.63. The molecule has 182 valence electrons. The summed E-state index contributed by atoms with van der Waals surface area (Å²) in [6.07, 6.45) is 5.42. The number of hydrogen-bond acceptors (Lipinski definition) is 2. The summed E-state index contributed by atoms with van der Waals surface area (Å²) in [5.41, 5.74) is 8.86. The maximum atomic E-state index is 12.1. The normalized spacial score (nSPS) is 11.2. The molecule has 1 heterocycles. The summed E-state index contributed by atoms with van der Waals surface area (Å²) in [5.74, 6) is 1.29. The van der Waals surface area contributed by atoms with E-state index in [1.54, 1.807) is 0 Å². The molecule has 0 bridgehead atoms. The number of carbonyl (C=O) groups is 1. The predicted octanol–water partition coefficient (Wildman–Crippen LogP) is 6.47. The molecule has 0 radical (unpaired) electrons. The third kappa shape index (κ3) is 6.60. The molecule has 0 aliphatic carbocycles. The van der Waals surface area contributed by atoms with Gasteiger partial charge in [0.2, 0.25) is 5.91 Å². The predicted molar refractivity (Wildman–Crippen MR) is 145 cm³/mol. The molecule has 4 heteroatoms. The summed E-state index contributed by atoms with van der Waals surface area (Å²) >= 11 is 0. The van der Waals surface area contributed by atoms with E-state index in [4.69, 9.17) is 4.98 Å². The summed E-state index contributed by atoms with van der Waals surface area (Å²) in [6.45, 7) is 8.18. The molecule has 0 spiro atoms. The van der Waals surface area contributed by atoms with Crippen molar-refractivity contribution in [3.8, 4) is 0 Å². The number of hydrogen-bond donors (Lipinski definition) is 1. The van der Waals surface area contributed by atoms with Gasteiger partial charge < -0.3 is 9.88 Å². The largest absolute Gasteiger partial charge is 0.356 e. The molecule has 4 nitrogen and oxygen atoms in total. The molecule has 35 heavy (non-hydrogen) atoms. The molecule has 0 unspecified atom stereocenters. The van der Waals surface area contributed by atoms with Crippen molar-refractivity contribution >= 4 is 16.9 Å². The van der Waals surface area contributed by atoms with Crippen LogP contribution in [0.1, 0.15) is 59.3 Å². The van der Waals surface area contributed by atoms with E-state index in [1.165, 1.54) is 33.3 Å². The van der Waals surface area contributed by atoms with E-state index >= 15 is 0 Å². The summed E-state index contributed by atoms with van der Waals surface area (Å²) in [5, 5.41) is 3.07. The fourth-order valence-electron chi connectivity index (χ4n) is 4.91. The highest BCUT2D eigenvalue weighted by Crippen LogP contribution is 2.23. The second kappa shape index (κ2) is 11.8. The molecular formula is C31H37N3O. The van der Waals surface area contributed by atoms with E-state index in [2.05, 4.69) is 79.2 Å². The molecule has 1 N–H and O–H groups in total. The topological polar surface area (TPSA) is 46.9 Å². The minimum Gasteiger partial charge on any atom is -0.356 e. The number of rotatable bonds is 11. The van der Waals surface area contributed by atoms with Crippen LogP contribution in [0, 0.1) is 20.8 Å². The molecule has 4 rings (SSSR count). The fraction of sp³-hybridized carbons (Fsp3) is 0.355. The molecule has 3 aromatic carbocycles. The first kappa shape index (κ1) is 24.7. The van der Waals surface area contributed by atoms with Gasteiger partial charge in [-0.3, -0.25) is 4.79 Å². The van der Waals surface area contributed by atoms with E-state index in [-0.39, 0.29) is 5.91 Å². The van der Waals surface area contributed by atoms with Crippen LogP contribution < -0.4 is 5.32 Å². The number of amides is 1. The number of aryl methyl sites for hydroxylation is 5. The van der Waals surface area contributed by atoms with Crippen molar-refractivity contribution in [1.29, 1.82) is 0 Å². The second-order valence-electron chi connectivity index (χ2n) is 9.63. The Balaban J connectivity index is 1.30. The zero-order chi connectivity index (χ0) is 24.6. The lowest BCUT2D eigenvalue weighted by atomic mass is 9.99. The molecule has 1 amide bonds. The Morgan fingerprint density at radius 1 is 0.857 bits per heavy atom. The Morgan fingerprint density at radius 3 is 2.34 bits per heavy atom. The van der Waals surface area contributed by atoms with Crippen LogP contribution in [0.2, 0.25) is 0 Å². The van der Waals surface area contributed by atoms with Crippen LogP contribution in [0.15, 0.2) is 66.7 Å². The van der Waals surface area contributed by atoms with Gasteiger partial charge in [-0.25, -0.2) is 4.98 Å². The Hall–Kier alpha value is -3.40. The summed E-state index contributed by atoms with van der Waals surface area (Å²) in [4.78, 5) is 17.1. The number of benzene rings is 3. The lowest BCUT2D eigenvalue weighted by molar-refractivity contribution is -0.121. The van der Waals surface area contributed by atoms with Gasteiger partial charge >= 0.3 is 0 Å². The van der Waals surface area contributed by atoms with Crippen molar-refractivity contribution in [1.82, 2.24) is 14.9 Å². The van der Waals surface area contributed by atoms with Crippen LogP contribution in [-0.4, -0.2) is 22.0 Å². The van der Waals surface area contributed by atoms with Gasteiger partial charge in [-0.1, -0.05) is 66.6 Å². The number of aromatic nitrogens is 2. The van der Waals surface area contributed by atoms with Crippen LogP contribution in [0.5, 0.6) is 0 Å². The zero-order valence-electron chi connectivity index (χ0n) is 21.3. The quantitative estimate of drug-likeness (QED) is 0.257. The highest BCUT2D eigenvalue weighted by molar-refractivity contribution is 5.76. The average molecular weight is 468 g/mol. The molecule has 0 saturated carbocycles. The number of imidazole rings is 1. The number of fused-ring (bicyclic) bond motifs is 1. The Morgan fingerprint density at radius 2 is 1.57 bits per heavy atom. The van der Waals surface area contributed by atoms with Crippen molar-refractivity contribution in [3.63, 3.8) is 0 Å². The van der Waals surface area contributed by atoms with Crippen LogP contribution in [-0.2, 0) is 24.2 Å². The molecule has 0 saturated heterocycles. The first-order valence-corrected chi connectivity index (χ1v) is 12.8. The number of nitrogens with one attached hydrogen (secondary N) is 1. The van der Waals surface area contributed by atoms with Crippen molar-refractivity contribution < 1.29 is 4.79 Å². The minimum absolute atomic E-state index is 0.138. The van der Waals surface area contributed by atoms with Crippen molar-refractivity contribution in [3.05, 3.63) is 100 Å². The maximum absolute atomic E-state index is 12.1. The highest BCUT2D eigenvalue weighted by Gasteiger charge is 2.13. The number of nitrogens with zero attached hydrogens (tertiary/aromatic N) is 2.